The first kappa shape index (κ1) is 16.9. The van der Waals surface area contributed by atoms with E-state index in [-0.39, 0.29) is 16.0 Å². The Morgan fingerprint density at radius 2 is 2.00 bits per heavy atom. The van der Waals surface area contributed by atoms with Gasteiger partial charge in [-0.15, -0.1) is 11.3 Å². The van der Waals surface area contributed by atoms with E-state index in [4.69, 9.17) is 11.6 Å². The number of benzene rings is 1. The molecule has 2 rings (SSSR count). The monoisotopic (exact) mass is 340 g/mol. The second-order valence-electron chi connectivity index (χ2n) is 6.15. The van der Waals surface area contributed by atoms with E-state index in [1.807, 2.05) is 18.5 Å². The second-order valence-corrected chi connectivity index (χ2v) is 7.53. The Hall–Kier alpha value is -1.46. The van der Waals surface area contributed by atoms with Crippen molar-refractivity contribution in [2.75, 3.05) is 0 Å². The molecule has 1 aromatic carbocycles. The van der Waals surface area contributed by atoms with Gasteiger partial charge in [0.2, 0.25) is 0 Å². The van der Waals surface area contributed by atoms with E-state index in [1.165, 1.54) is 23.5 Å². The van der Waals surface area contributed by atoms with Gasteiger partial charge in [0.15, 0.2) is 4.80 Å². The summed E-state index contributed by atoms with van der Waals surface area (Å²) in [6.07, 6.45) is 0. The molecule has 118 valence electrons. The van der Waals surface area contributed by atoms with Crippen LogP contribution in [-0.4, -0.2) is 10.5 Å². The lowest BCUT2D eigenvalue weighted by atomic mass is 9.93. The minimum atomic E-state index is -0.540. The second kappa shape index (κ2) is 5.97. The summed E-state index contributed by atoms with van der Waals surface area (Å²) in [7, 11) is 1.86. The zero-order chi connectivity index (χ0) is 16.7. The third-order valence-corrected chi connectivity index (χ3v) is 5.34. The first-order valence-corrected chi connectivity index (χ1v) is 8.01. The van der Waals surface area contributed by atoms with Crippen molar-refractivity contribution in [3.63, 3.8) is 0 Å². The standard InChI is InChI=1S/C16H18ClFN2OS/c1-9-13(16(2,3)4)22-15(20(9)5)19-14(21)11-8-10(18)6-7-12(11)17/h6-8H,1-5H3/b19-15-. The van der Waals surface area contributed by atoms with Crippen LogP contribution in [0.4, 0.5) is 4.39 Å². The van der Waals surface area contributed by atoms with Crippen LogP contribution in [0.15, 0.2) is 23.2 Å². The minimum Gasteiger partial charge on any atom is -0.324 e. The van der Waals surface area contributed by atoms with Crippen LogP contribution in [0.1, 0.15) is 41.7 Å². The van der Waals surface area contributed by atoms with Gasteiger partial charge < -0.3 is 4.57 Å². The van der Waals surface area contributed by atoms with Crippen molar-refractivity contribution in [3.8, 4) is 0 Å². The molecule has 0 spiro atoms. The molecule has 0 radical (unpaired) electrons. The first-order chi connectivity index (χ1) is 10.1. The summed E-state index contributed by atoms with van der Waals surface area (Å²) in [5, 5.41) is 0.196. The Balaban J connectivity index is 2.54. The molecule has 0 unspecified atom stereocenters. The Labute approximate surface area is 138 Å². The Morgan fingerprint density at radius 1 is 1.36 bits per heavy atom. The van der Waals surface area contributed by atoms with E-state index >= 15 is 0 Å². The predicted molar refractivity (Wildman–Crippen MR) is 88.0 cm³/mol. The average molecular weight is 341 g/mol. The summed E-state index contributed by atoms with van der Waals surface area (Å²) in [6.45, 7) is 8.33. The summed E-state index contributed by atoms with van der Waals surface area (Å²) in [5.41, 5.74) is 1.11. The number of hydrogen-bond acceptors (Lipinski definition) is 2. The number of amides is 1. The van der Waals surface area contributed by atoms with Gasteiger partial charge in [-0.2, -0.15) is 4.99 Å². The number of hydrogen-bond donors (Lipinski definition) is 0. The Kier molecular flexibility index (Phi) is 4.59. The largest absolute Gasteiger partial charge is 0.324 e. The van der Waals surface area contributed by atoms with Crippen LogP contribution in [0.5, 0.6) is 0 Å². The van der Waals surface area contributed by atoms with Gasteiger partial charge in [-0.25, -0.2) is 4.39 Å². The van der Waals surface area contributed by atoms with Gasteiger partial charge in [-0.1, -0.05) is 32.4 Å². The molecule has 1 amide bonds. The summed E-state index contributed by atoms with van der Waals surface area (Å²) in [5.74, 6) is -1.05. The van der Waals surface area contributed by atoms with Gasteiger partial charge in [0, 0.05) is 17.6 Å². The van der Waals surface area contributed by atoms with Gasteiger partial charge in [-0.05, 0) is 30.5 Å². The Morgan fingerprint density at radius 3 is 2.55 bits per heavy atom. The maximum atomic E-state index is 13.3. The van der Waals surface area contributed by atoms with E-state index in [2.05, 4.69) is 25.8 Å². The van der Waals surface area contributed by atoms with E-state index in [0.717, 1.165) is 16.6 Å². The maximum absolute atomic E-state index is 13.3. The van der Waals surface area contributed by atoms with Gasteiger partial charge in [0.05, 0.1) is 10.6 Å². The van der Waals surface area contributed by atoms with Crippen molar-refractivity contribution in [3.05, 3.63) is 50.0 Å². The first-order valence-electron chi connectivity index (χ1n) is 6.82. The zero-order valence-electron chi connectivity index (χ0n) is 13.2. The third kappa shape index (κ3) is 3.31. The highest BCUT2D eigenvalue weighted by molar-refractivity contribution is 7.09. The molecule has 1 heterocycles. The quantitative estimate of drug-likeness (QED) is 0.765. The van der Waals surface area contributed by atoms with Crippen molar-refractivity contribution in [2.24, 2.45) is 12.0 Å². The fourth-order valence-electron chi connectivity index (χ4n) is 2.13. The number of aromatic nitrogens is 1. The lowest BCUT2D eigenvalue weighted by Crippen LogP contribution is -2.15. The zero-order valence-corrected chi connectivity index (χ0v) is 14.8. The normalized spacial score (nSPS) is 12.8. The molecule has 3 nitrogen and oxygen atoms in total. The SMILES string of the molecule is Cc1c(C(C)(C)C)s/c(=N\C(=O)c2cc(F)ccc2Cl)n1C. The molecule has 0 N–H and O–H groups in total. The highest BCUT2D eigenvalue weighted by Gasteiger charge is 2.21. The van der Waals surface area contributed by atoms with Crippen molar-refractivity contribution < 1.29 is 9.18 Å². The van der Waals surface area contributed by atoms with Crippen LogP contribution in [0, 0.1) is 12.7 Å². The Bertz CT molecular complexity index is 799. The van der Waals surface area contributed by atoms with E-state index in [0.29, 0.717) is 4.80 Å². The molecule has 0 atom stereocenters. The highest BCUT2D eigenvalue weighted by Crippen LogP contribution is 2.27. The van der Waals surface area contributed by atoms with E-state index < -0.39 is 11.7 Å². The number of rotatable bonds is 1. The predicted octanol–water partition coefficient (Wildman–Crippen LogP) is 4.23. The molecule has 1 aromatic heterocycles. The maximum Gasteiger partial charge on any atom is 0.281 e. The number of halogens is 2. The van der Waals surface area contributed by atoms with Gasteiger partial charge in [0.25, 0.3) is 5.91 Å². The lowest BCUT2D eigenvalue weighted by Gasteiger charge is -2.17. The smallest absolute Gasteiger partial charge is 0.281 e. The molecule has 22 heavy (non-hydrogen) atoms. The highest BCUT2D eigenvalue weighted by atomic mass is 35.5. The average Bonchev–Trinajstić information content (AvgIpc) is 2.69. The molecule has 0 saturated heterocycles. The van der Waals surface area contributed by atoms with Gasteiger partial charge in [-0.3, -0.25) is 4.79 Å². The van der Waals surface area contributed by atoms with Crippen LogP contribution in [0.25, 0.3) is 0 Å². The van der Waals surface area contributed by atoms with Crippen LogP contribution in [0.2, 0.25) is 5.02 Å². The lowest BCUT2D eigenvalue weighted by molar-refractivity contribution is 0.0997. The van der Waals surface area contributed by atoms with Crippen molar-refractivity contribution in [1.29, 1.82) is 0 Å². The van der Waals surface area contributed by atoms with Gasteiger partial charge >= 0.3 is 0 Å². The summed E-state index contributed by atoms with van der Waals surface area (Å²) >= 11 is 7.42. The van der Waals surface area contributed by atoms with Crippen molar-refractivity contribution in [2.45, 2.75) is 33.1 Å². The van der Waals surface area contributed by atoms with E-state index in [1.54, 1.807) is 0 Å². The summed E-state index contributed by atoms with van der Waals surface area (Å²) in [6, 6.07) is 3.69. The molecule has 6 heteroatoms. The molecular weight excluding hydrogens is 323 g/mol. The van der Waals surface area contributed by atoms with Crippen LogP contribution in [0.3, 0.4) is 0 Å². The molecule has 0 bridgehead atoms. The number of thiazole rings is 1. The summed E-state index contributed by atoms with van der Waals surface area (Å²) < 4.78 is 15.2. The van der Waals surface area contributed by atoms with Crippen molar-refractivity contribution >= 4 is 28.8 Å². The fourth-order valence-corrected chi connectivity index (χ4v) is 3.51. The molecule has 0 aliphatic carbocycles. The molecule has 2 aromatic rings. The van der Waals surface area contributed by atoms with Crippen LogP contribution >= 0.6 is 22.9 Å². The molecule has 0 fully saturated rings. The topological polar surface area (TPSA) is 34.4 Å². The minimum absolute atomic E-state index is 0.0279. The third-order valence-electron chi connectivity index (χ3n) is 3.35. The number of nitrogens with zero attached hydrogens (tertiary/aromatic N) is 2. The molecular formula is C16H18ClFN2OS. The molecule has 0 aliphatic rings. The van der Waals surface area contributed by atoms with Crippen LogP contribution in [-0.2, 0) is 12.5 Å². The molecule has 0 aliphatic heterocycles. The van der Waals surface area contributed by atoms with Gasteiger partial charge in [0.1, 0.15) is 5.82 Å². The summed E-state index contributed by atoms with van der Waals surface area (Å²) in [4.78, 5) is 18.1. The van der Waals surface area contributed by atoms with Crippen molar-refractivity contribution in [1.82, 2.24) is 4.57 Å². The fraction of sp³-hybridized carbons (Fsp3) is 0.375. The van der Waals surface area contributed by atoms with E-state index in [9.17, 15) is 9.18 Å². The van der Waals surface area contributed by atoms with Crippen LogP contribution < -0.4 is 4.80 Å². The number of carbonyl (C=O) groups is 1. The molecule has 0 saturated carbocycles. The number of carbonyl (C=O) groups excluding carboxylic acids is 1.